The Labute approximate surface area is 325 Å². The van der Waals surface area contributed by atoms with Gasteiger partial charge in [-0.25, -0.2) is 0 Å². The summed E-state index contributed by atoms with van der Waals surface area (Å²) in [6.45, 7) is 45.8. The largest absolute Gasteiger partial charge is 0.317 e. The van der Waals surface area contributed by atoms with Crippen LogP contribution in [0.25, 0.3) is 0 Å². The van der Waals surface area contributed by atoms with Crippen molar-refractivity contribution in [1.29, 1.82) is 0 Å². The van der Waals surface area contributed by atoms with E-state index in [-0.39, 0.29) is 0 Å². The zero-order valence-electron chi connectivity index (χ0n) is 36.7. The fraction of sp³-hybridized carbons (Fsp3) is 0.700. The van der Waals surface area contributed by atoms with Crippen LogP contribution < -0.4 is 29.2 Å². The van der Waals surface area contributed by atoms with Crippen LogP contribution in [0.4, 0.5) is 0 Å². The zero-order valence-corrected chi connectivity index (χ0v) is 43.7. The summed E-state index contributed by atoms with van der Waals surface area (Å²) in [5.41, 5.74) is 1.43. The maximum Gasteiger partial charge on any atom is -0.00775 e. The molecule has 50 heavy (non-hydrogen) atoms. The van der Waals surface area contributed by atoms with Crippen molar-refractivity contribution in [2.75, 3.05) is 52.4 Å². The molecule has 0 heterocycles. The first kappa shape index (κ1) is 56.8. The molecule has 0 atom stereocenters. The predicted molar refractivity (Wildman–Crippen MR) is 236 cm³/mol. The Hall–Kier alpha value is 0.0600. The molecule has 6 nitrogen and oxygen atoms in total. The van der Waals surface area contributed by atoms with E-state index in [0.717, 1.165) is 58.8 Å². The molecule has 0 aliphatic heterocycles. The zero-order chi connectivity index (χ0) is 39.8. The number of hydrogen-bond acceptors (Lipinski definition) is 6. The molecule has 0 saturated carbocycles. The van der Waals surface area contributed by atoms with Crippen molar-refractivity contribution in [3.8, 4) is 0 Å². The summed E-state index contributed by atoms with van der Waals surface area (Å²) < 4.78 is 21.4. The second-order valence-corrected chi connectivity index (χ2v) is 53.5. The standard InChI is InChI=1S/C6H7.C5H11NSi.C5H5.4C4H11N.C3H10NSi.C2H2.3CH3.2Zr/c1-6-4-2-3-5-6;1-5-6-7(2,3)4;1-2-4-5-3-1;4*1-3-5-4-2;1-5(2,3)4;1-2;;;;;/h4-5H,2H2,1H3;5-6H,2-4H3;1-3H,4H2;4*5H,3-4H2,1-2H3;4H,1-3H3;1H2;3*1H3;;/q;;;;;;;-1;;;;;;+1. The fourth-order valence-electron chi connectivity index (χ4n) is 5.06. The topological polar surface area (TPSA) is 72.2 Å². The van der Waals surface area contributed by atoms with Crippen LogP contribution in [0.5, 0.6) is 0 Å². The predicted octanol–water partition coefficient (Wildman–Crippen LogP) is 9.23. The minimum absolute atomic E-state index is 0.522. The van der Waals surface area contributed by atoms with Crippen molar-refractivity contribution in [2.24, 2.45) is 0 Å². The molecule has 0 aromatic carbocycles. The van der Waals surface area contributed by atoms with Gasteiger partial charge in [-0.3, -0.25) is 0 Å². The van der Waals surface area contributed by atoms with E-state index in [9.17, 15) is 0 Å². The van der Waals surface area contributed by atoms with Crippen molar-refractivity contribution in [3.63, 3.8) is 0 Å². The number of nitrogens with one attached hydrogen (secondary N) is 6. The van der Waals surface area contributed by atoms with E-state index >= 15 is 0 Å². The molecule has 6 N–H and O–H groups in total. The molecule has 0 spiro atoms. The van der Waals surface area contributed by atoms with Gasteiger partial charge in [0.1, 0.15) is 0 Å². The molecular formula is C40H88N6Si2Zr2. The van der Waals surface area contributed by atoms with Crippen LogP contribution in [0, 0.1) is 0 Å². The SMILES string of the molecule is C=[C]=[Zr]([CH3])([CH3])([CH3])([NH][Si](C)(C)C)[C]1=CC=CC1.CC1=CC[C]([Zr]=[C]=CN[Si](C)(C)C)=C1.CCNCC.CCNCC.CCNCC.CCNCC. The van der Waals surface area contributed by atoms with Gasteiger partial charge in [-0.05, 0) is 52.4 Å². The van der Waals surface area contributed by atoms with Gasteiger partial charge in [-0.2, -0.15) is 0 Å². The molecule has 294 valence electrons. The van der Waals surface area contributed by atoms with E-state index in [1.54, 1.807) is 6.56 Å². The summed E-state index contributed by atoms with van der Waals surface area (Å²) in [6, 6.07) is 0. The van der Waals surface area contributed by atoms with E-state index < -0.39 is 56.3 Å². The van der Waals surface area contributed by atoms with Crippen LogP contribution in [0.3, 0.4) is 0 Å². The summed E-state index contributed by atoms with van der Waals surface area (Å²) in [5.74, 6) is 0. The second-order valence-electron chi connectivity index (χ2n) is 16.5. The molecule has 0 unspecified atom stereocenters. The van der Waals surface area contributed by atoms with Gasteiger partial charge in [-0.1, -0.05) is 55.4 Å². The average molecular weight is 892 g/mol. The maximum atomic E-state index is 4.06. The minimum Gasteiger partial charge on any atom is -0.317 e. The van der Waals surface area contributed by atoms with Gasteiger partial charge in [0.05, 0.1) is 0 Å². The maximum absolute atomic E-state index is 4.06. The number of rotatable bonds is 14. The van der Waals surface area contributed by atoms with Crippen LogP contribution in [0.1, 0.15) is 75.2 Å². The number of hydrogen-bond donors (Lipinski definition) is 6. The Bertz CT molecular complexity index is 1140. The van der Waals surface area contributed by atoms with E-state index in [4.69, 9.17) is 0 Å². The van der Waals surface area contributed by atoms with Gasteiger partial charge >= 0.3 is 199 Å². The summed E-state index contributed by atoms with van der Waals surface area (Å²) in [4.78, 5) is 3.46. The van der Waals surface area contributed by atoms with E-state index in [1.165, 1.54) is 12.0 Å². The first-order valence-corrected chi connectivity index (χ1v) is 40.0. The van der Waals surface area contributed by atoms with Gasteiger partial charge in [0, 0.05) is 0 Å². The van der Waals surface area contributed by atoms with Crippen LogP contribution in [-0.4, -0.2) is 75.6 Å². The molecule has 0 aromatic heterocycles. The summed E-state index contributed by atoms with van der Waals surface area (Å²) >= 11 is -4.22. The van der Waals surface area contributed by atoms with Crippen molar-refractivity contribution in [2.45, 2.75) is 128 Å². The molecule has 0 bridgehead atoms. The van der Waals surface area contributed by atoms with E-state index in [0.29, 0.717) is 0 Å². The summed E-state index contributed by atoms with van der Waals surface area (Å²) in [6.07, 6.45) is 15.7. The van der Waals surface area contributed by atoms with Crippen LogP contribution in [0.15, 0.2) is 55.3 Å². The first-order chi connectivity index (χ1) is 23.0. The molecule has 0 saturated heterocycles. The third-order valence-electron chi connectivity index (χ3n) is 7.49. The van der Waals surface area contributed by atoms with Gasteiger partial charge < -0.3 is 21.3 Å². The van der Waals surface area contributed by atoms with Crippen molar-refractivity contribution in [1.82, 2.24) is 29.2 Å². The quantitative estimate of drug-likeness (QED) is 0.0979. The first-order valence-electron chi connectivity index (χ1n) is 19.5. The third kappa shape index (κ3) is 35.1. The van der Waals surface area contributed by atoms with E-state index in [1.807, 2.05) is 0 Å². The molecule has 0 amide bonds. The second kappa shape index (κ2) is 30.4. The van der Waals surface area contributed by atoms with Crippen molar-refractivity contribution >= 4 is 23.2 Å². The average Bonchev–Trinajstić information content (AvgIpc) is 3.71. The van der Waals surface area contributed by atoms with Crippen molar-refractivity contribution in [3.05, 3.63) is 55.3 Å². The molecule has 2 rings (SSSR count). The Morgan fingerprint density at radius 3 is 1.38 bits per heavy atom. The van der Waals surface area contributed by atoms with E-state index in [2.05, 4.69) is 195 Å². The van der Waals surface area contributed by atoms with Gasteiger partial charge in [-0.15, -0.1) is 0 Å². The smallest absolute Gasteiger partial charge is 0.00775 e. The summed E-state index contributed by atoms with van der Waals surface area (Å²) in [7, 11) is -2.48. The Balaban J connectivity index is -0.000000279. The minimum atomic E-state index is -3.70. The Morgan fingerprint density at radius 1 is 0.720 bits per heavy atom. The Kier molecular flexibility index (Phi) is 34.5. The molecular weight excluding hydrogens is 803 g/mol. The van der Waals surface area contributed by atoms with Crippen LogP contribution in [-0.2, 0) is 39.9 Å². The third-order valence-corrected chi connectivity index (χ3v) is 36.2. The molecule has 0 radical (unpaired) electrons. The van der Waals surface area contributed by atoms with Gasteiger partial charge in [0.15, 0.2) is 0 Å². The Morgan fingerprint density at radius 2 is 1.14 bits per heavy atom. The molecule has 2 aliphatic rings. The summed E-state index contributed by atoms with van der Waals surface area (Å²) in [5, 5.41) is 12.4. The van der Waals surface area contributed by atoms with Crippen molar-refractivity contribution < 1.29 is 39.9 Å². The molecule has 10 heteroatoms. The fourth-order valence-corrected chi connectivity index (χ4v) is 39.9. The molecule has 0 fully saturated rings. The van der Waals surface area contributed by atoms with Gasteiger partial charge in [0.25, 0.3) is 0 Å². The van der Waals surface area contributed by atoms with Crippen LogP contribution in [0.2, 0.25) is 53.2 Å². The molecule has 2 aliphatic carbocycles. The van der Waals surface area contributed by atoms with Gasteiger partial charge in [0.2, 0.25) is 0 Å². The molecule has 0 aromatic rings. The number of allylic oxidation sites excluding steroid dienone is 8. The normalized spacial score (nSPS) is 14.3. The monoisotopic (exact) mass is 888 g/mol. The van der Waals surface area contributed by atoms with Crippen LogP contribution >= 0.6 is 0 Å².